The number of rotatable bonds is 15. The van der Waals surface area contributed by atoms with Crippen molar-refractivity contribution in [2.24, 2.45) is 10.3 Å². The molecule has 0 aromatic heterocycles. The number of primary sulfonamides is 2. The maximum absolute atomic E-state index is 11.6. The highest BCUT2D eigenvalue weighted by Gasteiger charge is 2.51. The molecule has 0 aromatic rings. The Morgan fingerprint density at radius 1 is 0.511 bits per heavy atom. The van der Waals surface area contributed by atoms with Gasteiger partial charge in [0, 0.05) is 33.5 Å². The molecule has 2 amide bonds. The fourth-order valence-electron chi connectivity index (χ4n) is 4.59. The first-order valence-electron chi connectivity index (χ1n) is 26.1. The van der Waals surface area contributed by atoms with Gasteiger partial charge in [-0.1, -0.05) is 7.43 Å². The van der Waals surface area contributed by atoms with E-state index in [1.807, 2.05) is 51.0 Å². The maximum atomic E-state index is 11.6. The molecule has 0 bridgehead atoms. The lowest BCUT2D eigenvalue weighted by molar-refractivity contribution is -0.193. The fourth-order valence-corrected chi connectivity index (χ4v) is 13.1. The van der Waals surface area contributed by atoms with Crippen LogP contribution < -0.4 is 29.2 Å². The Morgan fingerprint density at radius 2 is 0.800 bits per heavy atom. The van der Waals surface area contributed by atoms with Crippen LogP contribution in [0.4, 0.5) is 35.9 Å². The van der Waals surface area contributed by atoms with Gasteiger partial charge in [0.1, 0.15) is 11.2 Å². The van der Waals surface area contributed by atoms with E-state index in [9.17, 15) is 94.9 Å². The first-order chi connectivity index (χ1) is 38.9. The molecule has 5 saturated carbocycles. The Morgan fingerprint density at radius 3 is 0.989 bits per heavy atom. The van der Waals surface area contributed by atoms with E-state index >= 15 is 0 Å². The number of sulfonamides is 6. The molecule has 0 aromatic carbocycles. The van der Waals surface area contributed by atoms with E-state index in [4.69, 9.17) is 73.4 Å². The van der Waals surface area contributed by atoms with Crippen molar-refractivity contribution in [3.63, 3.8) is 0 Å². The van der Waals surface area contributed by atoms with Gasteiger partial charge in [-0.25, -0.2) is 107 Å². The Bertz CT molecular complexity index is 3080. The van der Waals surface area contributed by atoms with Crippen molar-refractivity contribution >= 4 is 127 Å². The van der Waals surface area contributed by atoms with E-state index in [-0.39, 0.29) is 35.0 Å². The van der Waals surface area contributed by atoms with Gasteiger partial charge >= 0.3 is 36.5 Å². The summed E-state index contributed by atoms with van der Waals surface area (Å²) in [6.45, 7) is 24.3. The third kappa shape index (κ3) is 53.8. The smallest absolute Gasteiger partial charge is 0.475 e. The predicted molar refractivity (Wildman–Crippen MR) is 330 cm³/mol. The molecule has 28 nitrogen and oxygen atoms in total. The normalized spacial score (nSPS) is 17.0. The molecule has 542 valence electrons. The van der Waals surface area contributed by atoms with E-state index in [1.165, 1.54) is 0 Å². The lowest BCUT2D eigenvalue weighted by Crippen LogP contribution is -2.42. The highest BCUT2D eigenvalue weighted by Crippen LogP contribution is 2.42. The summed E-state index contributed by atoms with van der Waals surface area (Å²) in [6.07, 6.45) is -4.00. The van der Waals surface area contributed by atoms with Crippen molar-refractivity contribution in [1.82, 2.24) is 18.9 Å². The van der Waals surface area contributed by atoms with Crippen LogP contribution in [0.1, 0.15) is 181 Å². The molecule has 5 aliphatic rings. The number of nitrogens with one attached hydrogen (secondary N) is 4. The van der Waals surface area contributed by atoms with Crippen LogP contribution in [-0.4, -0.2) is 176 Å². The standard InChI is InChI=1S/C9H17NO4S.C8H15NO4S.C7H16ClNO2S.C7H15NO2S.C4H9NO2S.C3H6Cl2O2S.C3H7NO2S.2C2HF3O2.CH4/c1-8(2,3)14-7(11)10-15(12,13)9(4)5-6-9;1-8(2,3)13-7(10)9-14(11,12)6-4-5-6;1-7(2,3)9-12(10,11)6-4-5-8;1-7(2,3)8-11(9,10)6-4-5-6;1-4(2-3-4)8(5,6)7;4-2-1-3-8(5,6)7;4-7(5,6)3-1-2-3;2*3-2(4,5)1(6)7;/h5-6H2,1-4H3,(H,10,11);6H,4-5H2,1-3H3,(H,9,10);9H,4-6H2,1-3H3;6,8H,4-5H2,1-3H3;2-3H2,1H3,(H2,5,6,7);1-3H2;3H,1-2H2,(H2,4,5,6);2*(H,6,7);1H4. The summed E-state index contributed by atoms with van der Waals surface area (Å²) >= 11 is 10.6. The number of nitrogens with two attached hydrogens (primary N) is 2. The summed E-state index contributed by atoms with van der Waals surface area (Å²) in [7, 11) is -18.0. The lowest BCUT2D eigenvalue weighted by atomic mass is 10.1. The molecule has 5 fully saturated rings. The van der Waals surface area contributed by atoms with Crippen molar-refractivity contribution in [2.45, 2.75) is 241 Å². The second-order valence-corrected chi connectivity index (χ2v) is 39.9. The van der Waals surface area contributed by atoms with Crippen LogP contribution in [0.25, 0.3) is 0 Å². The summed E-state index contributed by atoms with van der Waals surface area (Å²) in [5, 5.41) is 23.1. The highest BCUT2D eigenvalue weighted by molar-refractivity contribution is 8.13. The number of carboxylic acids is 2. The number of aliphatic carboxylic acids is 2. The minimum Gasteiger partial charge on any atom is -0.475 e. The summed E-state index contributed by atoms with van der Waals surface area (Å²) in [4.78, 5) is 40.1. The van der Waals surface area contributed by atoms with Crippen molar-refractivity contribution in [3.05, 3.63) is 0 Å². The number of ether oxygens (including phenoxy) is 2. The maximum Gasteiger partial charge on any atom is 0.490 e. The molecule has 0 radical (unpaired) electrons. The first-order valence-corrected chi connectivity index (χ1v) is 39.0. The molecule has 5 aliphatic carbocycles. The number of halogens is 9. The Kier molecular flexibility index (Phi) is 39.6. The summed E-state index contributed by atoms with van der Waals surface area (Å²) in [6, 6.07) is 0. The second kappa shape index (κ2) is 37.1. The number of carbonyl (C=O) groups excluding carboxylic acids is 2. The number of carboxylic acid groups (broad SMARTS) is 2. The second-order valence-electron chi connectivity index (χ2n) is 24.4. The van der Waals surface area contributed by atoms with Crippen molar-refractivity contribution < 1.29 is 124 Å². The molecular formula is C46H91Cl3F6N6O22S7. The topological polar surface area (TPSA) is 466 Å². The first kappa shape index (κ1) is 96.1. The van der Waals surface area contributed by atoms with E-state index in [0.29, 0.717) is 50.3 Å². The van der Waals surface area contributed by atoms with Crippen LogP contribution in [0.5, 0.6) is 0 Å². The van der Waals surface area contributed by atoms with Gasteiger partial charge in [0.05, 0.1) is 36.7 Å². The van der Waals surface area contributed by atoms with Gasteiger partial charge in [-0.05, 0) is 174 Å². The number of alkyl halides is 8. The molecule has 90 heavy (non-hydrogen) atoms. The zero-order valence-electron chi connectivity index (χ0n) is 51.5. The van der Waals surface area contributed by atoms with Gasteiger partial charge in [-0.3, -0.25) is 0 Å². The number of hydrogen-bond acceptors (Lipinski definition) is 20. The average molecular weight is 1530 g/mol. The van der Waals surface area contributed by atoms with E-state index in [2.05, 4.69) is 9.44 Å². The largest absolute Gasteiger partial charge is 0.490 e. The molecule has 0 saturated heterocycles. The summed E-state index contributed by atoms with van der Waals surface area (Å²) < 4.78 is 233. The third-order valence-corrected chi connectivity index (χ3v) is 22.8. The minimum absolute atomic E-state index is 0. The van der Waals surface area contributed by atoms with E-state index in [1.54, 1.807) is 55.4 Å². The van der Waals surface area contributed by atoms with Gasteiger partial charge in [-0.2, -0.15) is 26.3 Å². The van der Waals surface area contributed by atoms with Gasteiger partial charge in [0.15, 0.2) is 0 Å². The average Bonchev–Trinajstić information content (AvgIpc) is 4.04. The van der Waals surface area contributed by atoms with Gasteiger partial charge in [0.25, 0.3) is 0 Å². The highest BCUT2D eigenvalue weighted by atomic mass is 35.7. The Hall–Kier alpha value is -2.58. The molecule has 10 N–H and O–H groups in total. The molecule has 44 heteroatoms. The SMILES string of the molecule is C.CC(C)(C)NS(=O)(=O)C1CC1.CC(C)(C)NS(=O)(=O)CCCCl.CC(C)(C)OC(=O)NS(=O)(=O)C1(C)CC1.CC(C)(C)OC(=O)NS(=O)(=O)C1CC1.CC1(S(N)(=O)=O)CC1.NS(=O)(=O)C1CC1.O=C(O)C(F)(F)F.O=C(O)C(F)(F)F.O=S(=O)(Cl)CCCCl. The number of amides is 2. The quantitative estimate of drug-likeness (QED) is 0.0467. The van der Waals surface area contributed by atoms with Crippen LogP contribution >= 0.6 is 33.9 Å². The zero-order chi connectivity index (χ0) is 72.1. The van der Waals surface area contributed by atoms with Crippen molar-refractivity contribution in [3.8, 4) is 0 Å². The molecule has 0 aliphatic heterocycles. The van der Waals surface area contributed by atoms with Crippen LogP contribution in [0.15, 0.2) is 0 Å². The molecule has 0 atom stereocenters. The molecule has 0 spiro atoms. The predicted octanol–water partition coefficient (Wildman–Crippen LogP) is 6.95. The molecular weight excluding hydrogens is 1430 g/mol. The third-order valence-electron chi connectivity index (χ3n) is 9.86. The summed E-state index contributed by atoms with van der Waals surface area (Å²) in [5.41, 5.74) is -2.10. The Labute approximate surface area is 541 Å². The monoisotopic (exact) mass is 1520 g/mol. The van der Waals surface area contributed by atoms with Crippen LogP contribution in [0.2, 0.25) is 0 Å². The minimum atomic E-state index is -5.08. The zero-order valence-corrected chi connectivity index (χ0v) is 59.5. The number of carbonyl (C=O) groups is 4. The van der Waals surface area contributed by atoms with Crippen molar-refractivity contribution in [1.29, 1.82) is 0 Å². The van der Waals surface area contributed by atoms with Crippen LogP contribution in [0, 0.1) is 0 Å². The van der Waals surface area contributed by atoms with E-state index < -0.39 is 137 Å². The number of hydrogen-bond donors (Lipinski definition) is 8. The van der Waals surface area contributed by atoms with E-state index in [0.717, 1.165) is 38.5 Å². The fraction of sp³-hybridized carbons (Fsp3) is 0.913. The lowest BCUT2D eigenvalue weighted by Gasteiger charge is -2.20. The molecule has 0 unspecified atom stereocenters. The van der Waals surface area contributed by atoms with Gasteiger partial charge in [-0.15, -0.1) is 23.2 Å². The van der Waals surface area contributed by atoms with Crippen LogP contribution in [-0.2, 0) is 88.3 Å². The molecule has 5 rings (SSSR count). The Balaban J connectivity index is -0.000000305. The van der Waals surface area contributed by atoms with Crippen molar-refractivity contribution in [2.75, 3.05) is 23.3 Å². The van der Waals surface area contributed by atoms with Gasteiger partial charge in [0.2, 0.25) is 69.2 Å². The molecule has 0 heterocycles. The van der Waals surface area contributed by atoms with Crippen LogP contribution in [0.3, 0.4) is 0 Å². The summed E-state index contributed by atoms with van der Waals surface area (Å²) in [5.74, 6) is -4.72. The van der Waals surface area contributed by atoms with Gasteiger partial charge < -0.3 is 19.7 Å².